The van der Waals surface area contributed by atoms with Gasteiger partial charge in [-0.05, 0) is 33.6 Å². The first-order chi connectivity index (χ1) is 9.31. The van der Waals surface area contributed by atoms with Crippen molar-refractivity contribution < 1.29 is 4.74 Å². The number of rotatable bonds is 5. The first-order valence-electron chi connectivity index (χ1n) is 6.13. The van der Waals surface area contributed by atoms with Crippen molar-refractivity contribution in [2.45, 2.75) is 6.54 Å². The highest BCUT2D eigenvalue weighted by Gasteiger charge is 2.05. The van der Waals surface area contributed by atoms with Crippen LogP contribution >= 0.6 is 15.9 Å². The van der Waals surface area contributed by atoms with E-state index in [1.807, 2.05) is 48.6 Å². The molecule has 2 N–H and O–H groups in total. The van der Waals surface area contributed by atoms with Crippen LogP contribution in [0.2, 0.25) is 0 Å². The fourth-order valence-electron chi connectivity index (χ4n) is 1.76. The lowest BCUT2D eigenvalue weighted by atomic mass is 10.2. The van der Waals surface area contributed by atoms with Crippen LogP contribution in [0.5, 0.6) is 5.75 Å². The van der Waals surface area contributed by atoms with Crippen molar-refractivity contribution in [1.82, 2.24) is 0 Å². The number of nitrogens with two attached hydrogens (primary N) is 1. The quantitative estimate of drug-likeness (QED) is 0.904. The lowest BCUT2D eigenvalue weighted by Crippen LogP contribution is -2.03. The van der Waals surface area contributed by atoms with Gasteiger partial charge in [0.2, 0.25) is 0 Å². The molecule has 0 aliphatic rings. The van der Waals surface area contributed by atoms with E-state index in [1.165, 1.54) is 0 Å². The monoisotopic (exact) mass is 317 g/mol. The normalized spacial score (nSPS) is 10.8. The average molecular weight is 318 g/mol. The van der Waals surface area contributed by atoms with Crippen LogP contribution < -0.4 is 10.5 Å². The summed E-state index contributed by atoms with van der Waals surface area (Å²) in [7, 11) is 0. The Bertz CT molecular complexity index is 552. The highest BCUT2D eigenvalue weighted by atomic mass is 79.9. The maximum absolute atomic E-state index is 5.77. The summed E-state index contributed by atoms with van der Waals surface area (Å²) in [5.41, 5.74) is 7.86. The van der Waals surface area contributed by atoms with E-state index in [9.17, 15) is 0 Å². The summed E-state index contributed by atoms with van der Waals surface area (Å²) < 4.78 is 6.70. The summed E-state index contributed by atoms with van der Waals surface area (Å²) in [6, 6.07) is 16.0. The first kappa shape index (κ1) is 13.8. The lowest BCUT2D eigenvalue weighted by Gasteiger charge is -2.10. The maximum atomic E-state index is 5.77. The van der Waals surface area contributed by atoms with Gasteiger partial charge in [-0.2, -0.15) is 0 Å². The van der Waals surface area contributed by atoms with Gasteiger partial charge in [0.1, 0.15) is 12.4 Å². The van der Waals surface area contributed by atoms with Gasteiger partial charge in [0, 0.05) is 12.1 Å². The van der Waals surface area contributed by atoms with E-state index in [-0.39, 0.29) is 0 Å². The van der Waals surface area contributed by atoms with Crippen molar-refractivity contribution in [3.8, 4) is 5.75 Å². The fraction of sp³-hybridized carbons (Fsp3) is 0.125. The van der Waals surface area contributed by atoms with E-state index in [2.05, 4.69) is 28.1 Å². The number of hydrogen-bond donors (Lipinski definition) is 1. The average Bonchev–Trinajstić information content (AvgIpc) is 2.46. The van der Waals surface area contributed by atoms with Crippen LogP contribution in [0.15, 0.2) is 59.1 Å². The standard InChI is InChI=1S/C16H16BrNO/c17-15-10-4-9-14(12-18)16(15)19-11-5-8-13-6-2-1-3-7-13/h1-10H,11-12,18H2/b8-5+. The molecule has 0 bridgehead atoms. The Morgan fingerprint density at radius 1 is 1.05 bits per heavy atom. The minimum absolute atomic E-state index is 0.469. The van der Waals surface area contributed by atoms with E-state index < -0.39 is 0 Å². The Labute approximate surface area is 122 Å². The predicted octanol–water partition coefficient (Wildman–Crippen LogP) is 4.00. The molecule has 2 rings (SSSR count). The van der Waals surface area contributed by atoms with Gasteiger partial charge in [-0.15, -0.1) is 0 Å². The fourth-order valence-corrected chi connectivity index (χ4v) is 2.28. The minimum atomic E-state index is 0.469. The Morgan fingerprint density at radius 2 is 1.84 bits per heavy atom. The summed E-state index contributed by atoms with van der Waals surface area (Å²) >= 11 is 3.48. The number of benzene rings is 2. The van der Waals surface area contributed by atoms with Crippen LogP contribution in [0.4, 0.5) is 0 Å². The Balaban J connectivity index is 1.98. The van der Waals surface area contributed by atoms with E-state index in [0.29, 0.717) is 13.2 Å². The van der Waals surface area contributed by atoms with Crippen molar-refractivity contribution in [2.24, 2.45) is 5.73 Å². The van der Waals surface area contributed by atoms with Gasteiger partial charge < -0.3 is 10.5 Å². The van der Waals surface area contributed by atoms with Gasteiger partial charge in [-0.1, -0.05) is 48.5 Å². The summed E-state index contributed by atoms with van der Waals surface area (Å²) in [5, 5.41) is 0. The zero-order chi connectivity index (χ0) is 13.5. The van der Waals surface area contributed by atoms with Crippen LogP contribution in [0.3, 0.4) is 0 Å². The number of para-hydroxylation sites is 1. The van der Waals surface area contributed by atoms with E-state index in [1.54, 1.807) is 0 Å². The Hall–Kier alpha value is -1.58. The van der Waals surface area contributed by atoms with Crippen LogP contribution in [0.25, 0.3) is 6.08 Å². The molecule has 0 saturated carbocycles. The molecular formula is C16H16BrNO. The van der Waals surface area contributed by atoms with Crippen molar-refractivity contribution in [3.05, 3.63) is 70.2 Å². The molecule has 0 saturated heterocycles. The summed E-state index contributed by atoms with van der Waals surface area (Å²) in [6.07, 6.45) is 4.04. The molecule has 98 valence electrons. The third kappa shape index (κ3) is 3.94. The van der Waals surface area contributed by atoms with Gasteiger partial charge in [0.15, 0.2) is 0 Å². The second-order valence-corrected chi connectivity index (χ2v) is 4.91. The molecule has 0 atom stereocenters. The zero-order valence-corrected chi connectivity index (χ0v) is 12.1. The van der Waals surface area contributed by atoms with Crippen LogP contribution in [0, 0.1) is 0 Å². The summed E-state index contributed by atoms with van der Waals surface area (Å²) in [5.74, 6) is 0.822. The Kier molecular flexibility index (Phi) is 5.19. The molecule has 0 unspecified atom stereocenters. The van der Waals surface area contributed by atoms with Gasteiger partial charge in [-0.3, -0.25) is 0 Å². The van der Waals surface area contributed by atoms with E-state index in [0.717, 1.165) is 21.3 Å². The highest BCUT2D eigenvalue weighted by Crippen LogP contribution is 2.28. The summed E-state index contributed by atoms with van der Waals surface area (Å²) in [4.78, 5) is 0. The molecule has 0 aromatic heterocycles. The number of ether oxygens (including phenoxy) is 1. The van der Waals surface area contributed by atoms with Crippen molar-refractivity contribution in [2.75, 3.05) is 6.61 Å². The molecule has 2 aromatic carbocycles. The molecular weight excluding hydrogens is 302 g/mol. The number of halogens is 1. The van der Waals surface area contributed by atoms with E-state index in [4.69, 9.17) is 10.5 Å². The van der Waals surface area contributed by atoms with Gasteiger partial charge in [-0.25, -0.2) is 0 Å². The molecule has 2 nitrogen and oxygen atoms in total. The molecule has 2 aromatic rings. The molecule has 0 aliphatic carbocycles. The van der Waals surface area contributed by atoms with Crippen LogP contribution in [-0.2, 0) is 6.54 Å². The Morgan fingerprint density at radius 3 is 2.58 bits per heavy atom. The predicted molar refractivity (Wildman–Crippen MR) is 83.0 cm³/mol. The van der Waals surface area contributed by atoms with Crippen molar-refractivity contribution in [3.63, 3.8) is 0 Å². The smallest absolute Gasteiger partial charge is 0.138 e. The second-order valence-electron chi connectivity index (χ2n) is 4.06. The molecule has 0 heterocycles. The van der Waals surface area contributed by atoms with Crippen molar-refractivity contribution >= 4 is 22.0 Å². The van der Waals surface area contributed by atoms with Gasteiger partial charge in [0.05, 0.1) is 4.47 Å². The first-order valence-corrected chi connectivity index (χ1v) is 6.92. The highest BCUT2D eigenvalue weighted by molar-refractivity contribution is 9.10. The molecule has 19 heavy (non-hydrogen) atoms. The van der Waals surface area contributed by atoms with E-state index >= 15 is 0 Å². The maximum Gasteiger partial charge on any atom is 0.138 e. The third-order valence-electron chi connectivity index (χ3n) is 2.70. The van der Waals surface area contributed by atoms with Crippen LogP contribution in [0.1, 0.15) is 11.1 Å². The SMILES string of the molecule is NCc1cccc(Br)c1OC/C=C/c1ccccc1. The topological polar surface area (TPSA) is 35.2 Å². The van der Waals surface area contributed by atoms with Crippen molar-refractivity contribution in [1.29, 1.82) is 0 Å². The zero-order valence-electron chi connectivity index (χ0n) is 10.6. The van der Waals surface area contributed by atoms with Gasteiger partial charge >= 0.3 is 0 Å². The largest absolute Gasteiger partial charge is 0.488 e. The van der Waals surface area contributed by atoms with Gasteiger partial charge in [0.25, 0.3) is 0 Å². The molecule has 0 aliphatic heterocycles. The lowest BCUT2D eigenvalue weighted by molar-refractivity contribution is 0.357. The summed E-state index contributed by atoms with van der Waals surface area (Å²) in [6.45, 7) is 0.988. The minimum Gasteiger partial charge on any atom is -0.488 e. The molecule has 3 heteroatoms. The molecule has 0 spiro atoms. The molecule has 0 amide bonds. The second kappa shape index (κ2) is 7.12. The number of hydrogen-bond acceptors (Lipinski definition) is 2. The van der Waals surface area contributed by atoms with Crippen LogP contribution in [-0.4, -0.2) is 6.61 Å². The molecule has 0 fully saturated rings. The third-order valence-corrected chi connectivity index (χ3v) is 3.33. The molecule has 0 radical (unpaired) electrons.